The molecule has 0 bridgehead atoms. The number of aliphatic carboxylic acids is 1. The summed E-state index contributed by atoms with van der Waals surface area (Å²) in [5.41, 5.74) is 1.63. The summed E-state index contributed by atoms with van der Waals surface area (Å²) < 4.78 is 0. The molecule has 0 saturated heterocycles. The Balaban J connectivity index is 2.54. The number of aliphatic hydroxyl groups excluding tert-OH is 3. The smallest absolute Gasteiger partial charge is 0.306 e. The fraction of sp³-hybridized carbons (Fsp3) is 0.667. The number of aliphatic hydroxyl groups is 3. The third-order valence-electron chi connectivity index (χ3n) is 6.80. The maximum atomic E-state index is 12.9. The number of hydrogen-bond acceptors (Lipinski definition) is 7. The molecule has 0 aliphatic heterocycles. The molecule has 0 spiro atoms. The van der Waals surface area contributed by atoms with Crippen molar-refractivity contribution in [2.24, 2.45) is 17.3 Å². The van der Waals surface area contributed by atoms with Gasteiger partial charge in [-0.2, -0.15) is 0 Å². The van der Waals surface area contributed by atoms with E-state index < -0.39 is 42.0 Å². The van der Waals surface area contributed by atoms with Crippen molar-refractivity contribution in [3.05, 3.63) is 33.3 Å². The highest BCUT2D eigenvalue weighted by Gasteiger charge is 2.41. The molecule has 5 atom stereocenters. The lowest BCUT2D eigenvalue weighted by molar-refractivity contribution is -0.147. The first-order chi connectivity index (χ1) is 16.2. The van der Waals surface area contributed by atoms with Crippen LogP contribution in [0.15, 0.2) is 22.6 Å². The zero-order valence-electron chi connectivity index (χ0n) is 22.1. The molecule has 198 valence electrons. The molecule has 0 saturated carbocycles. The van der Waals surface area contributed by atoms with E-state index in [4.69, 9.17) is 5.11 Å². The molecule has 5 unspecified atom stereocenters. The first kappa shape index (κ1) is 31.2. The minimum Gasteiger partial charge on any atom is -0.481 e. The number of thiazole rings is 1. The summed E-state index contributed by atoms with van der Waals surface area (Å²) in [4.78, 5) is 28.2. The second-order valence-electron chi connectivity index (χ2n) is 10.3. The molecule has 35 heavy (non-hydrogen) atoms. The largest absolute Gasteiger partial charge is 0.481 e. The number of nitrogens with zero attached hydrogens (tertiary/aromatic N) is 1. The maximum Gasteiger partial charge on any atom is 0.306 e. The van der Waals surface area contributed by atoms with Gasteiger partial charge < -0.3 is 20.4 Å². The number of Topliss-reactive ketones (excluding diaryl/α,β-unsaturated/α-hetero) is 1. The molecule has 8 heteroatoms. The summed E-state index contributed by atoms with van der Waals surface area (Å²) in [6.07, 6.45) is 3.55. The van der Waals surface area contributed by atoms with Crippen LogP contribution >= 0.6 is 11.3 Å². The number of aromatic nitrogens is 1. The Hall–Kier alpha value is -1.87. The van der Waals surface area contributed by atoms with Crippen LogP contribution in [-0.2, 0) is 9.59 Å². The van der Waals surface area contributed by atoms with Crippen LogP contribution in [0.5, 0.6) is 0 Å². The number of carbonyl (C=O) groups is 2. The zero-order valence-corrected chi connectivity index (χ0v) is 22.9. The van der Waals surface area contributed by atoms with Crippen molar-refractivity contribution in [1.29, 1.82) is 0 Å². The Labute approximate surface area is 213 Å². The molecule has 0 amide bonds. The van der Waals surface area contributed by atoms with Gasteiger partial charge in [0, 0.05) is 11.3 Å². The van der Waals surface area contributed by atoms with Crippen LogP contribution in [0.2, 0.25) is 0 Å². The van der Waals surface area contributed by atoms with Crippen molar-refractivity contribution in [2.45, 2.75) is 98.9 Å². The van der Waals surface area contributed by atoms with E-state index in [1.54, 1.807) is 18.3 Å². The number of carbonyl (C=O) groups excluding carboxylic acids is 1. The minimum absolute atomic E-state index is 0.133. The van der Waals surface area contributed by atoms with E-state index in [1.165, 1.54) is 13.8 Å². The number of rotatable bonds is 15. The molecule has 7 nitrogen and oxygen atoms in total. The van der Waals surface area contributed by atoms with E-state index in [9.17, 15) is 24.9 Å². The zero-order chi connectivity index (χ0) is 26.9. The SMILES string of the molecule is C/C(=C/CC(O)/C(C)=C/c1csc(C)n1)CCCC(C)C(O)C(C)C(=O)C(C)(C)C(O)CC(=O)O. The summed E-state index contributed by atoms with van der Waals surface area (Å²) >= 11 is 1.58. The number of allylic oxidation sites excluding steroid dienone is 1. The lowest BCUT2D eigenvalue weighted by Gasteiger charge is -2.34. The highest BCUT2D eigenvalue weighted by molar-refractivity contribution is 7.09. The van der Waals surface area contributed by atoms with E-state index in [0.717, 1.165) is 34.7 Å². The number of carboxylic acids is 1. The van der Waals surface area contributed by atoms with Crippen LogP contribution < -0.4 is 0 Å². The van der Waals surface area contributed by atoms with Gasteiger partial charge in [-0.1, -0.05) is 39.3 Å². The lowest BCUT2D eigenvalue weighted by atomic mass is 9.73. The monoisotopic (exact) mass is 509 g/mol. The Bertz CT molecular complexity index is 903. The van der Waals surface area contributed by atoms with E-state index in [-0.39, 0.29) is 11.7 Å². The van der Waals surface area contributed by atoms with Gasteiger partial charge in [-0.3, -0.25) is 9.59 Å². The van der Waals surface area contributed by atoms with Crippen molar-refractivity contribution in [2.75, 3.05) is 0 Å². The average molecular weight is 510 g/mol. The molecule has 0 radical (unpaired) electrons. The molecule has 1 aromatic rings. The van der Waals surface area contributed by atoms with E-state index in [0.29, 0.717) is 12.8 Å². The van der Waals surface area contributed by atoms with Gasteiger partial charge in [-0.05, 0) is 64.0 Å². The van der Waals surface area contributed by atoms with Gasteiger partial charge in [0.2, 0.25) is 0 Å². The molecular formula is C27H43NO6S. The Morgan fingerprint density at radius 3 is 2.34 bits per heavy atom. The predicted molar refractivity (Wildman–Crippen MR) is 140 cm³/mol. The van der Waals surface area contributed by atoms with Gasteiger partial charge in [-0.15, -0.1) is 11.3 Å². The van der Waals surface area contributed by atoms with Crippen molar-refractivity contribution in [3.63, 3.8) is 0 Å². The van der Waals surface area contributed by atoms with Gasteiger partial charge >= 0.3 is 5.97 Å². The van der Waals surface area contributed by atoms with Gasteiger partial charge in [0.1, 0.15) is 5.78 Å². The molecule has 1 aromatic heterocycles. The van der Waals surface area contributed by atoms with Crippen molar-refractivity contribution >= 4 is 29.2 Å². The molecule has 4 N–H and O–H groups in total. The van der Waals surface area contributed by atoms with Gasteiger partial charge in [0.05, 0.1) is 40.8 Å². The van der Waals surface area contributed by atoms with Gasteiger partial charge in [0.25, 0.3) is 0 Å². The van der Waals surface area contributed by atoms with Crippen LogP contribution in [0.25, 0.3) is 6.08 Å². The fourth-order valence-electron chi connectivity index (χ4n) is 4.07. The number of aryl methyl sites for hydroxylation is 1. The molecule has 0 aliphatic rings. The molecule has 0 aliphatic carbocycles. The number of hydrogen-bond donors (Lipinski definition) is 4. The number of carboxylic acid groups (broad SMARTS) is 1. The summed E-state index contributed by atoms with van der Waals surface area (Å²) in [7, 11) is 0. The second-order valence-corrected chi connectivity index (χ2v) is 11.4. The van der Waals surface area contributed by atoms with Gasteiger partial charge in [-0.25, -0.2) is 4.98 Å². The molecule has 1 rings (SSSR count). The quantitative estimate of drug-likeness (QED) is 0.250. The first-order valence-electron chi connectivity index (χ1n) is 12.2. The Morgan fingerprint density at radius 2 is 1.80 bits per heavy atom. The van der Waals surface area contributed by atoms with Crippen molar-refractivity contribution in [3.8, 4) is 0 Å². The van der Waals surface area contributed by atoms with Gasteiger partial charge in [0.15, 0.2) is 0 Å². The second kappa shape index (κ2) is 14.0. The lowest BCUT2D eigenvalue weighted by Crippen LogP contribution is -2.45. The van der Waals surface area contributed by atoms with E-state index in [1.807, 2.05) is 45.2 Å². The minimum atomic E-state index is -1.32. The van der Waals surface area contributed by atoms with Crippen LogP contribution in [0.3, 0.4) is 0 Å². The van der Waals surface area contributed by atoms with Crippen LogP contribution in [-0.4, -0.2) is 55.5 Å². The fourth-order valence-corrected chi connectivity index (χ4v) is 4.64. The molecule has 0 fully saturated rings. The maximum absolute atomic E-state index is 12.9. The van der Waals surface area contributed by atoms with Crippen LogP contribution in [0, 0.1) is 24.2 Å². The van der Waals surface area contributed by atoms with Crippen LogP contribution in [0.1, 0.15) is 84.3 Å². The first-order valence-corrected chi connectivity index (χ1v) is 13.1. The molecule has 0 aromatic carbocycles. The van der Waals surface area contributed by atoms with Crippen molar-refractivity contribution in [1.82, 2.24) is 4.98 Å². The third kappa shape index (κ3) is 9.95. The summed E-state index contributed by atoms with van der Waals surface area (Å²) in [6, 6.07) is 0. The Kier molecular flexibility index (Phi) is 12.5. The van der Waals surface area contributed by atoms with Crippen LogP contribution in [0.4, 0.5) is 0 Å². The predicted octanol–water partition coefficient (Wildman–Crippen LogP) is 4.79. The van der Waals surface area contributed by atoms with Crippen molar-refractivity contribution < 1.29 is 30.0 Å². The third-order valence-corrected chi connectivity index (χ3v) is 7.59. The Morgan fingerprint density at radius 1 is 1.17 bits per heavy atom. The topological polar surface area (TPSA) is 128 Å². The summed E-state index contributed by atoms with van der Waals surface area (Å²) in [6.45, 7) is 12.4. The summed E-state index contributed by atoms with van der Waals surface area (Å²) in [5.74, 6) is -2.36. The number of ketones is 1. The van der Waals surface area contributed by atoms with E-state index in [2.05, 4.69) is 4.98 Å². The normalized spacial score (nSPS) is 17.5. The molecular weight excluding hydrogens is 466 g/mol. The summed E-state index contributed by atoms with van der Waals surface area (Å²) in [5, 5.41) is 43.2. The standard InChI is InChI=1S/C27H43NO6S/c1-16(11-12-22(29)18(3)13-21-15-35-20(5)28-21)9-8-10-17(2)25(33)19(4)26(34)27(6,7)23(30)14-24(31)32/h11,13,15,17,19,22-23,25,29-30,33H,8-10,12,14H2,1-7H3,(H,31,32)/b16-11-,18-13+. The highest BCUT2D eigenvalue weighted by Crippen LogP contribution is 2.31. The molecule has 1 heterocycles. The van der Waals surface area contributed by atoms with E-state index >= 15 is 0 Å². The average Bonchev–Trinajstić information content (AvgIpc) is 3.19. The highest BCUT2D eigenvalue weighted by atomic mass is 32.1.